The normalized spacial score (nSPS) is 22.6. The topological polar surface area (TPSA) is 181 Å². The van der Waals surface area contributed by atoms with E-state index < -0.39 is 112 Å². The smallest absolute Gasteiger partial charge is 0.320 e. The van der Waals surface area contributed by atoms with E-state index in [1.807, 2.05) is 39.8 Å². The highest BCUT2D eigenvalue weighted by Gasteiger charge is 2.61. The van der Waals surface area contributed by atoms with Gasteiger partial charge in [0.2, 0.25) is 5.79 Å². The van der Waals surface area contributed by atoms with Gasteiger partial charge in [-0.1, -0.05) is 150 Å². The highest BCUT2D eigenvalue weighted by molar-refractivity contribution is 9.11. The summed E-state index contributed by atoms with van der Waals surface area (Å²) in [5, 5.41) is 13.0. The van der Waals surface area contributed by atoms with Gasteiger partial charge in [0.1, 0.15) is 12.2 Å². The monoisotopic (exact) mass is 1340 g/mol. The maximum atomic E-state index is 13.5. The van der Waals surface area contributed by atoms with Gasteiger partial charge in [-0.2, -0.15) is 0 Å². The fourth-order valence-corrected chi connectivity index (χ4v) is 19.6. The highest BCUT2D eigenvalue weighted by Crippen LogP contribution is 2.47. The number of hydrogen-bond acceptors (Lipinski definition) is 15. The second-order valence-corrected chi connectivity index (χ2v) is 47.2. The van der Waals surface area contributed by atoms with E-state index in [-0.39, 0.29) is 47.5 Å². The molecule has 0 aromatic heterocycles. The molecule has 0 bridgehead atoms. The van der Waals surface area contributed by atoms with Gasteiger partial charge in [0.25, 0.3) is 8.32 Å². The lowest BCUT2D eigenvalue weighted by atomic mass is 9.76. The Kier molecular flexibility index (Phi) is 34.2. The summed E-state index contributed by atoms with van der Waals surface area (Å²) in [7, 11) is -6.22. The van der Waals surface area contributed by atoms with Crippen molar-refractivity contribution in [3.8, 4) is 0 Å². The number of methoxy groups -OCH3 is 2. The van der Waals surface area contributed by atoms with E-state index in [4.69, 9.17) is 46.1 Å². The average molecular weight is 1350 g/mol. The van der Waals surface area contributed by atoms with E-state index in [1.54, 1.807) is 21.1 Å². The highest BCUT2D eigenvalue weighted by atomic mass is 79.9. The first-order chi connectivity index (χ1) is 39.6. The molecule has 0 aromatic rings. The standard InChI is InChI=1S/C66H121BrO15Si4/c1-28-85(29-2,30-3)81-56(47(9)41-54(67)40-46(8)39-48(10)63(71)82-86(31-4,32-5)33-6)38-37-45(7)35-34-36-57(75-51(13)68)59(74-23)43-60(80-84(26,27)65(19,20)21)62(77-53(15)70)66(72)50(12)61(76-52(14)69)49(11)58(78-66)42-55(44-73-22)79-83(24,25)64(16,17)18/h35,37-41,47,49-50,55-62,72H,28-34,36,42-44H2,1-27H3/b38-37+,45-35+,46-40+,48-39+,54-41-/t47-,49+,50-,55-,56-,57+,58-,59+,60+,61+,62-,66-/m1/s1. The number of esters is 3. The largest absolute Gasteiger partial charge is 0.516 e. The van der Waals surface area contributed by atoms with Crippen LogP contribution < -0.4 is 0 Å². The van der Waals surface area contributed by atoms with E-state index in [0.717, 1.165) is 51.9 Å². The molecular weight excluding hydrogens is 1220 g/mol. The van der Waals surface area contributed by atoms with Crippen LogP contribution >= 0.6 is 15.9 Å². The molecule has 1 N–H and O–H groups in total. The molecule has 0 unspecified atom stereocenters. The van der Waals surface area contributed by atoms with Gasteiger partial charge < -0.3 is 51.2 Å². The number of carbonyl (C=O) groups is 4. The molecule has 0 saturated carbocycles. The minimum absolute atomic E-state index is 0.00703. The van der Waals surface area contributed by atoms with Crippen molar-refractivity contribution in [2.75, 3.05) is 20.8 Å². The molecule has 1 rings (SSSR count). The Labute approximate surface area is 534 Å². The Hall–Kier alpha value is -2.35. The number of hydrogen-bond donors (Lipinski definition) is 1. The van der Waals surface area contributed by atoms with Gasteiger partial charge in [0, 0.05) is 69.7 Å². The molecule has 0 spiro atoms. The molecule has 0 aromatic carbocycles. The molecular formula is C66H121BrO15Si4. The average Bonchev–Trinajstić information content (AvgIpc) is 0.806. The number of allylic oxidation sites excluding steroid dienone is 7. The molecule has 0 aliphatic carbocycles. The molecule has 1 fully saturated rings. The Bertz CT molecular complexity index is 2280. The van der Waals surface area contributed by atoms with E-state index in [9.17, 15) is 24.3 Å². The lowest BCUT2D eigenvalue weighted by Gasteiger charge is -2.54. The number of carbonyl (C=O) groups excluding carboxylic acids is 4. The Balaban J connectivity index is 3.97. The molecule has 1 aliphatic heterocycles. The van der Waals surface area contributed by atoms with Gasteiger partial charge in [-0.05, 0) is 124 Å². The van der Waals surface area contributed by atoms with Crippen LogP contribution in [0, 0.1) is 17.8 Å². The van der Waals surface area contributed by atoms with Gasteiger partial charge in [0.15, 0.2) is 31.1 Å². The van der Waals surface area contributed by atoms with Crippen molar-refractivity contribution in [1.82, 2.24) is 0 Å². The number of rotatable bonds is 36. The van der Waals surface area contributed by atoms with Crippen LogP contribution in [0.3, 0.4) is 0 Å². The van der Waals surface area contributed by atoms with Crippen LogP contribution in [0.25, 0.3) is 0 Å². The second-order valence-electron chi connectivity index (χ2n) is 27.4. The van der Waals surface area contributed by atoms with Crippen molar-refractivity contribution in [1.29, 1.82) is 0 Å². The van der Waals surface area contributed by atoms with Gasteiger partial charge in [-0.3, -0.25) is 14.4 Å². The Morgan fingerprint density at radius 3 is 1.69 bits per heavy atom. The Morgan fingerprint density at radius 2 is 1.22 bits per heavy atom. The van der Waals surface area contributed by atoms with Crippen LogP contribution in [-0.4, -0.2) is 138 Å². The van der Waals surface area contributed by atoms with Gasteiger partial charge in [0.05, 0.1) is 43.0 Å². The lowest BCUT2D eigenvalue weighted by molar-refractivity contribution is -0.362. The maximum Gasteiger partial charge on any atom is 0.320 e. The van der Waals surface area contributed by atoms with Crippen molar-refractivity contribution < 1.29 is 70.4 Å². The zero-order valence-electron chi connectivity index (χ0n) is 58.6. The molecule has 1 heterocycles. The SMILES string of the molecule is CC[Si](CC)(CC)OC(=O)/C(C)=C/C(C)=C/C(Br)=C/[C@@H](C)[C@@H](/C=C/C(C)=C/CC[C@H](OC(C)=O)[C@H](C[C@H](O[Si](C)(C)C(C)(C)C)[C@@H](OC(C)=O)[C@]1(O)O[C@H](C[C@H](COC)O[Si](C)(C)C(C)(C)C)[C@H](C)[C@H](OC(C)=O)[C@H]1C)OC)O[Si](CC)(CC)CC. The number of aliphatic hydroxyl groups is 1. The first-order valence-electron chi connectivity index (χ1n) is 31.9. The first kappa shape index (κ1) is 81.7. The quantitative estimate of drug-likeness (QED) is 0.0206. The molecule has 1 aliphatic rings. The number of ether oxygens (including phenoxy) is 6. The second kappa shape index (κ2) is 36.0. The van der Waals surface area contributed by atoms with Crippen LogP contribution in [-0.2, 0) is 65.3 Å². The van der Waals surface area contributed by atoms with Gasteiger partial charge in [-0.25, -0.2) is 4.79 Å². The predicted octanol–water partition coefficient (Wildman–Crippen LogP) is 16.4. The van der Waals surface area contributed by atoms with E-state index >= 15 is 0 Å². The van der Waals surface area contributed by atoms with Gasteiger partial charge >= 0.3 is 23.9 Å². The summed E-state index contributed by atoms with van der Waals surface area (Å²) in [6.45, 7) is 50.1. The fraction of sp³-hybridized carbons (Fsp3) is 0.788. The molecule has 20 heteroatoms. The molecule has 498 valence electrons. The van der Waals surface area contributed by atoms with Crippen LogP contribution in [0.5, 0.6) is 0 Å². The third kappa shape index (κ3) is 24.7. The summed E-state index contributed by atoms with van der Waals surface area (Å²) in [5.41, 5.74) is 2.48. The summed E-state index contributed by atoms with van der Waals surface area (Å²) >= 11 is 3.82. The molecule has 0 amide bonds. The van der Waals surface area contributed by atoms with Crippen molar-refractivity contribution in [2.45, 2.75) is 298 Å². The van der Waals surface area contributed by atoms with E-state index in [1.165, 1.54) is 20.8 Å². The molecule has 0 radical (unpaired) electrons. The summed E-state index contributed by atoms with van der Waals surface area (Å²) in [5.74, 6) is -5.68. The lowest BCUT2D eigenvalue weighted by Crippen LogP contribution is -2.68. The van der Waals surface area contributed by atoms with Crippen molar-refractivity contribution in [3.63, 3.8) is 0 Å². The number of halogens is 1. The minimum Gasteiger partial charge on any atom is -0.516 e. The zero-order chi connectivity index (χ0) is 66.6. The molecule has 86 heavy (non-hydrogen) atoms. The zero-order valence-corrected chi connectivity index (χ0v) is 64.2. The maximum absolute atomic E-state index is 13.5. The van der Waals surface area contributed by atoms with Crippen molar-refractivity contribution >= 4 is 73.1 Å². The van der Waals surface area contributed by atoms with Crippen molar-refractivity contribution in [3.05, 3.63) is 57.7 Å². The summed E-state index contributed by atoms with van der Waals surface area (Å²) in [6, 6.07) is 5.64. The van der Waals surface area contributed by atoms with Crippen LogP contribution in [0.4, 0.5) is 0 Å². The summed E-state index contributed by atoms with van der Waals surface area (Å²) in [4.78, 5) is 52.7. The summed E-state index contributed by atoms with van der Waals surface area (Å²) in [6.07, 6.45) is 6.98. The summed E-state index contributed by atoms with van der Waals surface area (Å²) < 4.78 is 65.9. The molecule has 12 atom stereocenters. The van der Waals surface area contributed by atoms with Crippen LogP contribution in [0.15, 0.2) is 57.7 Å². The third-order valence-corrected chi connectivity index (χ3v) is 37.6. The van der Waals surface area contributed by atoms with Crippen molar-refractivity contribution in [2.24, 2.45) is 17.8 Å². The van der Waals surface area contributed by atoms with Crippen LogP contribution in [0.1, 0.15) is 171 Å². The van der Waals surface area contributed by atoms with Crippen LogP contribution in [0.2, 0.25) is 72.5 Å². The molecule has 1 saturated heterocycles. The fourth-order valence-electron chi connectivity index (χ4n) is 10.8. The Morgan fingerprint density at radius 1 is 0.698 bits per heavy atom. The third-order valence-electron chi connectivity index (χ3n) is 18.9. The predicted molar refractivity (Wildman–Crippen MR) is 362 cm³/mol. The van der Waals surface area contributed by atoms with Gasteiger partial charge in [-0.15, -0.1) is 0 Å². The van der Waals surface area contributed by atoms with E-state index in [2.05, 4.69) is 156 Å². The minimum atomic E-state index is -2.82. The first-order valence-corrected chi connectivity index (χ1v) is 43.5. The van der Waals surface area contributed by atoms with E-state index in [0.29, 0.717) is 18.4 Å². The molecule has 15 nitrogen and oxygen atoms in total.